The lowest BCUT2D eigenvalue weighted by Gasteiger charge is -2.29. The molecule has 1 heterocycles. The Bertz CT molecular complexity index is 314. The summed E-state index contributed by atoms with van der Waals surface area (Å²) in [6.45, 7) is 4.97. The Morgan fingerprint density at radius 2 is 1.94 bits per heavy atom. The molecule has 1 amide bonds. The van der Waals surface area contributed by atoms with E-state index in [1.165, 1.54) is 0 Å². The van der Waals surface area contributed by atoms with Crippen molar-refractivity contribution < 1.29 is 22.7 Å². The number of amides is 1. The number of ether oxygens (including phenoxy) is 1. The number of halogens is 4. The monoisotopic (exact) mass is 331 g/mol. The molecule has 0 spiro atoms. The van der Waals surface area contributed by atoms with E-state index < -0.39 is 23.9 Å². The van der Waals surface area contributed by atoms with Crippen molar-refractivity contribution >= 4 is 22.0 Å². The first-order valence-corrected chi connectivity index (χ1v) is 6.79. The average Bonchev–Trinajstić information content (AvgIpc) is 2.57. The highest BCUT2D eigenvalue weighted by molar-refractivity contribution is 9.09. The van der Waals surface area contributed by atoms with Gasteiger partial charge in [-0.1, -0.05) is 15.9 Å². The normalized spacial score (nSPS) is 25.4. The molecule has 18 heavy (non-hydrogen) atoms. The van der Waals surface area contributed by atoms with Gasteiger partial charge in [0.05, 0.1) is 0 Å². The van der Waals surface area contributed by atoms with E-state index in [1.54, 1.807) is 20.8 Å². The van der Waals surface area contributed by atoms with Gasteiger partial charge in [-0.05, 0) is 33.1 Å². The second-order valence-electron chi connectivity index (χ2n) is 5.45. The summed E-state index contributed by atoms with van der Waals surface area (Å²) in [7, 11) is 0. The molecule has 1 aliphatic rings. The highest BCUT2D eigenvalue weighted by Crippen LogP contribution is 2.36. The number of carbonyl (C=O) groups excluding carboxylic acids is 1. The molecule has 1 rings (SSSR count). The summed E-state index contributed by atoms with van der Waals surface area (Å²) in [4.78, 5) is 12.6. The minimum atomic E-state index is -4.41. The van der Waals surface area contributed by atoms with Gasteiger partial charge in [-0.25, -0.2) is 4.79 Å². The van der Waals surface area contributed by atoms with Crippen molar-refractivity contribution in [3.63, 3.8) is 0 Å². The van der Waals surface area contributed by atoms with Gasteiger partial charge in [-0.2, -0.15) is 13.2 Å². The first-order chi connectivity index (χ1) is 8.04. The molecule has 1 saturated heterocycles. The zero-order valence-corrected chi connectivity index (χ0v) is 12.1. The molecule has 7 heteroatoms. The summed E-state index contributed by atoms with van der Waals surface area (Å²) < 4.78 is 43.6. The fourth-order valence-electron chi connectivity index (χ4n) is 1.87. The van der Waals surface area contributed by atoms with E-state index in [1.807, 2.05) is 0 Å². The molecular weight excluding hydrogens is 315 g/mol. The first-order valence-electron chi connectivity index (χ1n) is 5.67. The van der Waals surface area contributed by atoms with Crippen LogP contribution in [0.15, 0.2) is 0 Å². The summed E-state index contributed by atoms with van der Waals surface area (Å²) in [5, 5.41) is 0.443. The summed E-state index contributed by atoms with van der Waals surface area (Å²) >= 11 is 3.16. The third kappa shape index (κ3) is 4.03. The molecule has 0 aromatic heterocycles. The van der Waals surface area contributed by atoms with Crippen LogP contribution in [-0.2, 0) is 4.74 Å². The lowest BCUT2D eigenvalue weighted by atomic mass is 10.1. The molecule has 1 aliphatic heterocycles. The van der Waals surface area contributed by atoms with Crippen LogP contribution in [0.4, 0.5) is 18.0 Å². The largest absolute Gasteiger partial charge is 0.444 e. The maximum absolute atomic E-state index is 12.8. The third-order valence-corrected chi connectivity index (χ3v) is 3.53. The van der Waals surface area contributed by atoms with E-state index in [4.69, 9.17) is 4.74 Å². The fraction of sp³-hybridized carbons (Fsp3) is 0.909. The molecule has 0 aliphatic carbocycles. The smallest absolute Gasteiger partial charge is 0.410 e. The van der Waals surface area contributed by atoms with Gasteiger partial charge in [0.15, 0.2) is 0 Å². The number of likely N-dealkylation sites (tertiary alicyclic amines) is 1. The summed E-state index contributed by atoms with van der Waals surface area (Å²) in [5.41, 5.74) is -0.792. The van der Waals surface area contributed by atoms with Crippen molar-refractivity contribution in [1.82, 2.24) is 4.90 Å². The molecule has 0 N–H and O–H groups in total. The topological polar surface area (TPSA) is 29.5 Å². The second kappa shape index (κ2) is 5.27. The fourth-order valence-corrected chi connectivity index (χ4v) is 2.34. The standard InChI is InChI=1S/C11H17BrF3NO2/c1-10(2,3)18-9(17)16-6-7(5-12)4-8(16)11(13,14)15/h7-8H,4-6H2,1-3H3. The van der Waals surface area contributed by atoms with Crippen LogP contribution in [0, 0.1) is 5.92 Å². The number of rotatable bonds is 1. The predicted molar refractivity (Wildman–Crippen MR) is 64.7 cm³/mol. The Balaban J connectivity index is 2.81. The van der Waals surface area contributed by atoms with Crippen molar-refractivity contribution in [2.75, 3.05) is 11.9 Å². The van der Waals surface area contributed by atoms with Crippen LogP contribution in [0.1, 0.15) is 27.2 Å². The van der Waals surface area contributed by atoms with Crippen molar-refractivity contribution in [3.8, 4) is 0 Å². The average molecular weight is 332 g/mol. The second-order valence-corrected chi connectivity index (χ2v) is 6.09. The Morgan fingerprint density at radius 1 is 1.39 bits per heavy atom. The predicted octanol–water partition coefficient (Wildman–Crippen LogP) is 3.57. The third-order valence-electron chi connectivity index (χ3n) is 2.61. The molecule has 0 radical (unpaired) electrons. The van der Waals surface area contributed by atoms with Gasteiger partial charge >= 0.3 is 12.3 Å². The zero-order valence-electron chi connectivity index (χ0n) is 10.6. The van der Waals surface area contributed by atoms with E-state index in [2.05, 4.69) is 15.9 Å². The molecule has 0 bridgehead atoms. The summed E-state index contributed by atoms with van der Waals surface area (Å²) in [5.74, 6) is -0.191. The quantitative estimate of drug-likeness (QED) is 0.687. The molecule has 106 valence electrons. The first kappa shape index (κ1) is 15.6. The van der Waals surface area contributed by atoms with Crippen LogP contribution in [0.5, 0.6) is 0 Å². The van der Waals surface area contributed by atoms with Crippen molar-refractivity contribution in [3.05, 3.63) is 0 Å². The molecule has 2 atom stereocenters. The van der Waals surface area contributed by atoms with E-state index in [0.29, 0.717) is 5.33 Å². The number of nitrogens with zero attached hydrogens (tertiary/aromatic N) is 1. The Labute approximate surface area is 113 Å². The van der Waals surface area contributed by atoms with Crippen LogP contribution < -0.4 is 0 Å². The van der Waals surface area contributed by atoms with Crippen LogP contribution >= 0.6 is 15.9 Å². The van der Waals surface area contributed by atoms with Gasteiger partial charge in [-0.15, -0.1) is 0 Å². The van der Waals surface area contributed by atoms with E-state index in [9.17, 15) is 18.0 Å². The molecule has 1 fully saturated rings. The Morgan fingerprint density at radius 3 is 2.33 bits per heavy atom. The van der Waals surface area contributed by atoms with Gasteiger partial charge in [0, 0.05) is 11.9 Å². The minimum Gasteiger partial charge on any atom is -0.444 e. The van der Waals surface area contributed by atoms with Gasteiger partial charge in [0.1, 0.15) is 11.6 Å². The summed E-state index contributed by atoms with van der Waals surface area (Å²) in [6.07, 6.45) is -5.38. The van der Waals surface area contributed by atoms with E-state index >= 15 is 0 Å². The van der Waals surface area contributed by atoms with E-state index in [-0.39, 0.29) is 18.9 Å². The number of hydrogen-bond acceptors (Lipinski definition) is 2. The van der Waals surface area contributed by atoms with Crippen LogP contribution in [0.3, 0.4) is 0 Å². The van der Waals surface area contributed by atoms with Gasteiger partial charge in [-0.3, -0.25) is 4.90 Å². The molecule has 0 aromatic carbocycles. The highest BCUT2D eigenvalue weighted by atomic mass is 79.9. The van der Waals surface area contributed by atoms with Crippen molar-refractivity contribution in [1.29, 1.82) is 0 Å². The van der Waals surface area contributed by atoms with Crippen molar-refractivity contribution in [2.45, 2.75) is 45.0 Å². The minimum absolute atomic E-state index is 0.0737. The highest BCUT2D eigenvalue weighted by Gasteiger charge is 2.51. The van der Waals surface area contributed by atoms with Crippen molar-refractivity contribution in [2.24, 2.45) is 5.92 Å². The Hall–Kier alpha value is -0.460. The number of carbonyl (C=O) groups is 1. The SMILES string of the molecule is CC(C)(C)OC(=O)N1CC(CBr)CC1C(F)(F)F. The van der Waals surface area contributed by atoms with Gasteiger partial charge in [0.25, 0.3) is 0 Å². The molecule has 0 saturated carbocycles. The van der Waals surface area contributed by atoms with Crippen LogP contribution in [0.25, 0.3) is 0 Å². The van der Waals surface area contributed by atoms with Crippen LogP contribution in [0.2, 0.25) is 0 Å². The van der Waals surface area contributed by atoms with Crippen LogP contribution in [-0.4, -0.2) is 40.7 Å². The maximum atomic E-state index is 12.8. The lowest BCUT2D eigenvalue weighted by Crippen LogP contribution is -2.46. The molecule has 0 aromatic rings. The van der Waals surface area contributed by atoms with Gasteiger partial charge < -0.3 is 4.74 Å². The molecule has 3 nitrogen and oxygen atoms in total. The van der Waals surface area contributed by atoms with E-state index in [0.717, 1.165) is 4.90 Å². The number of alkyl halides is 4. The molecule has 2 unspecified atom stereocenters. The molecular formula is C11H17BrF3NO2. The zero-order chi connectivity index (χ0) is 14.1. The maximum Gasteiger partial charge on any atom is 0.410 e. The summed E-state index contributed by atoms with van der Waals surface area (Å²) in [6, 6.07) is -1.74. The Kier molecular flexibility index (Phi) is 4.56. The number of hydrogen-bond donors (Lipinski definition) is 0. The van der Waals surface area contributed by atoms with Gasteiger partial charge in [0.2, 0.25) is 0 Å². The lowest BCUT2D eigenvalue weighted by molar-refractivity contribution is -0.173.